The predicted molar refractivity (Wildman–Crippen MR) is 199 cm³/mol. The van der Waals surface area contributed by atoms with Crippen molar-refractivity contribution in [2.75, 3.05) is 45.8 Å². The Morgan fingerprint density at radius 1 is 0.720 bits per heavy atom. The molecule has 262 valence electrons. The number of ether oxygens (including phenoxy) is 2. The highest BCUT2D eigenvalue weighted by atomic mass is 16.5. The summed E-state index contributed by atoms with van der Waals surface area (Å²) in [6, 6.07) is 31.0. The zero-order valence-corrected chi connectivity index (χ0v) is 29.8. The molecule has 4 aromatic carbocycles. The van der Waals surface area contributed by atoms with Crippen molar-refractivity contribution in [3.05, 3.63) is 130 Å². The van der Waals surface area contributed by atoms with Crippen molar-refractivity contribution >= 4 is 5.91 Å². The molecule has 3 aliphatic rings. The monoisotopic (exact) mass is 672 g/mol. The normalized spacial score (nSPS) is 17.2. The van der Waals surface area contributed by atoms with Gasteiger partial charge in [-0.1, -0.05) is 92.7 Å². The zero-order valence-electron chi connectivity index (χ0n) is 29.8. The number of carbonyl (C=O) groups excluding carboxylic acids is 1. The van der Waals surface area contributed by atoms with Gasteiger partial charge < -0.3 is 24.6 Å². The van der Waals surface area contributed by atoms with Crippen LogP contribution in [0.4, 0.5) is 0 Å². The molecule has 0 radical (unpaired) electrons. The van der Waals surface area contributed by atoms with Crippen LogP contribution in [-0.4, -0.2) is 66.4 Å². The summed E-state index contributed by atoms with van der Waals surface area (Å²) in [6.45, 7) is 15.4. The third-order valence-corrected chi connectivity index (χ3v) is 10.6. The van der Waals surface area contributed by atoms with Crippen molar-refractivity contribution in [2.45, 2.75) is 65.5 Å². The van der Waals surface area contributed by atoms with Crippen molar-refractivity contribution < 1.29 is 14.3 Å². The Morgan fingerprint density at radius 3 is 2.00 bits per heavy atom. The number of piperidine rings is 1. The van der Waals surface area contributed by atoms with Crippen LogP contribution in [0, 0.1) is 5.92 Å². The predicted octanol–water partition coefficient (Wildman–Crippen LogP) is 7.24. The molecule has 0 saturated carbocycles. The van der Waals surface area contributed by atoms with Crippen LogP contribution in [0.25, 0.3) is 0 Å². The fourth-order valence-electron chi connectivity index (χ4n) is 7.59. The molecule has 0 aromatic heterocycles. The van der Waals surface area contributed by atoms with Gasteiger partial charge in [0.15, 0.2) is 0 Å². The Balaban J connectivity index is 1.04. The van der Waals surface area contributed by atoms with Gasteiger partial charge in [-0.25, -0.2) is 0 Å². The fraction of sp³-hybridized carbons (Fsp3) is 0.419. The van der Waals surface area contributed by atoms with E-state index in [0.29, 0.717) is 37.6 Å². The van der Waals surface area contributed by atoms with Gasteiger partial charge in [0.05, 0.1) is 5.56 Å². The topological polar surface area (TPSA) is 57.3 Å². The number of carbonyl (C=O) groups is 1. The quantitative estimate of drug-likeness (QED) is 0.171. The number of fused-ring (bicyclic) bond motifs is 1. The first-order valence-corrected chi connectivity index (χ1v) is 18.6. The van der Waals surface area contributed by atoms with Crippen LogP contribution in [0.2, 0.25) is 0 Å². The number of rotatable bonds is 12. The molecule has 0 bridgehead atoms. The van der Waals surface area contributed by atoms with Gasteiger partial charge in [-0.15, -0.1) is 0 Å². The fourth-order valence-corrected chi connectivity index (χ4v) is 7.59. The van der Waals surface area contributed by atoms with Gasteiger partial charge in [0.25, 0.3) is 5.91 Å². The van der Waals surface area contributed by atoms with E-state index < -0.39 is 0 Å². The highest BCUT2D eigenvalue weighted by molar-refractivity contribution is 5.98. The molecule has 7 nitrogen and oxygen atoms in total. The smallest absolute Gasteiger partial charge is 0.258 e. The van der Waals surface area contributed by atoms with Gasteiger partial charge in [-0.3, -0.25) is 9.69 Å². The van der Waals surface area contributed by atoms with Gasteiger partial charge >= 0.3 is 0 Å². The lowest BCUT2D eigenvalue weighted by Crippen LogP contribution is -2.48. The maximum absolute atomic E-state index is 14.4. The Bertz CT molecular complexity index is 1710. The average molecular weight is 673 g/mol. The number of nitrogens with one attached hydrogen (secondary N) is 1. The third-order valence-electron chi connectivity index (χ3n) is 10.6. The zero-order chi connectivity index (χ0) is 34.3. The number of amides is 1. The number of benzene rings is 4. The van der Waals surface area contributed by atoms with E-state index in [1.807, 2.05) is 65.6 Å². The molecule has 0 aliphatic carbocycles. The number of nitrogens with zero attached hydrogens (tertiary/aromatic N) is 3. The molecule has 4 aromatic rings. The second kappa shape index (κ2) is 16.2. The van der Waals surface area contributed by atoms with E-state index in [0.717, 1.165) is 61.1 Å². The van der Waals surface area contributed by atoms with Crippen molar-refractivity contribution in [2.24, 2.45) is 5.92 Å². The molecule has 1 N–H and O–H groups in total. The first-order chi connectivity index (χ1) is 24.5. The molecule has 1 amide bonds. The van der Waals surface area contributed by atoms with Gasteiger partial charge in [0.2, 0.25) is 0 Å². The van der Waals surface area contributed by atoms with E-state index in [4.69, 9.17) is 9.47 Å². The minimum absolute atomic E-state index is 0.00723. The largest absolute Gasteiger partial charge is 0.488 e. The molecule has 3 heterocycles. The third kappa shape index (κ3) is 8.58. The number of piperazine rings is 1. The van der Waals surface area contributed by atoms with Crippen molar-refractivity contribution in [3.8, 4) is 11.5 Å². The van der Waals surface area contributed by atoms with Crippen molar-refractivity contribution in [3.63, 3.8) is 0 Å². The molecular weight excluding hydrogens is 620 g/mol. The van der Waals surface area contributed by atoms with Gasteiger partial charge in [0.1, 0.15) is 24.7 Å². The number of hydrogen-bond donors (Lipinski definition) is 1. The first kappa shape index (κ1) is 34.3. The molecular formula is C43H52N4O3. The lowest BCUT2D eigenvalue weighted by atomic mass is 9.97. The van der Waals surface area contributed by atoms with E-state index in [1.54, 1.807) is 0 Å². The van der Waals surface area contributed by atoms with E-state index >= 15 is 0 Å². The summed E-state index contributed by atoms with van der Waals surface area (Å²) in [5.74, 6) is 2.32. The van der Waals surface area contributed by atoms with Gasteiger partial charge in [-0.05, 0) is 77.2 Å². The van der Waals surface area contributed by atoms with Crippen molar-refractivity contribution in [1.82, 2.24) is 20.0 Å². The van der Waals surface area contributed by atoms with Crippen LogP contribution in [0.5, 0.6) is 11.5 Å². The summed E-state index contributed by atoms with van der Waals surface area (Å²) in [4.78, 5) is 21.6. The van der Waals surface area contributed by atoms with E-state index in [2.05, 4.69) is 59.3 Å². The van der Waals surface area contributed by atoms with Crippen LogP contribution in [-0.2, 0) is 32.8 Å². The summed E-state index contributed by atoms with van der Waals surface area (Å²) in [6.07, 6.45) is 2.62. The Kier molecular flexibility index (Phi) is 11.1. The molecule has 7 rings (SSSR count). The van der Waals surface area contributed by atoms with E-state index in [-0.39, 0.29) is 11.8 Å². The SMILES string of the molecule is CC(C)c1cc(C(=O)N2Cc3ccc(CN4CCN(CC5CCNCC5)CC4)cc3C2)c(OCc2ccccc2)cc1OCc1ccccc1. The molecule has 2 fully saturated rings. The molecule has 2 saturated heterocycles. The van der Waals surface area contributed by atoms with Crippen LogP contribution >= 0.6 is 0 Å². The van der Waals surface area contributed by atoms with Crippen LogP contribution in [0.15, 0.2) is 91.0 Å². The summed E-state index contributed by atoms with van der Waals surface area (Å²) in [5.41, 5.74) is 7.55. The lowest BCUT2D eigenvalue weighted by molar-refractivity contribution is 0.0746. The minimum atomic E-state index is -0.00723. The first-order valence-electron chi connectivity index (χ1n) is 18.6. The van der Waals surface area contributed by atoms with Crippen LogP contribution in [0.1, 0.15) is 76.3 Å². The highest BCUT2D eigenvalue weighted by Gasteiger charge is 2.29. The van der Waals surface area contributed by atoms with Gasteiger partial charge in [-0.2, -0.15) is 0 Å². The van der Waals surface area contributed by atoms with Crippen LogP contribution in [0.3, 0.4) is 0 Å². The summed E-state index contributed by atoms with van der Waals surface area (Å²) in [7, 11) is 0. The van der Waals surface area contributed by atoms with Crippen molar-refractivity contribution in [1.29, 1.82) is 0 Å². The molecule has 50 heavy (non-hydrogen) atoms. The molecule has 0 atom stereocenters. The molecule has 0 unspecified atom stereocenters. The molecule has 0 spiro atoms. The van der Waals surface area contributed by atoms with E-state index in [9.17, 15) is 4.79 Å². The molecule has 7 heteroatoms. The lowest BCUT2D eigenvalue weighted by Gasteiger charge is -2.37. The average Bonchev–Trinajstić information content (AvgIpc) is 3.58. The maximum Gasteiger partial charge on any atom is 0.258 e. The Hall–Kier alpha value is -4.17. The summed E-state index contributed by atoms with van der Waals surface area (Å²) < 4.78 is 12.8. The summed E-state index contributed by atoms with van der Waals surface area (Å²) >= 11 is 0. The second-order valence-corrected chi connectivity index (χ2v) is 14.6. The van der Waals surface area contributed by atoms with Crippen LogP contribution < -0.4 is 14.8 Å². The Labute approximate surface area is 298 Å². The van der Waals surface area contributed by atoms with Gasteiger partial charge in [0, 0.05) is 58.4 Å². The standard InChI is InChI=1S/C43H52N4O3/c1-32(2)39-24-40(42(50-31-35-11-7-4-8-12-35)25-41(39)49-30-34-9-5-3-6-10-34)43(48)47-28-37-14-13-36(23-38(37)29-47)27-46-21-19-45(20-22-46)26-33-15-17-44-18-16-33/h3-14,23-25,32-33,44H,15-22,26-31H2,1-2H3. The second-order valence-electron chi connectivity index (χ2n) is 14.6. The summed E-state index contributed by atoms with van der Waals surface area (Å²) in [5, 5.41) is 3.49. The Morgan fingerprint density at radius 2 is 1.34 bits per heavy atom. The minimum Gasteiger partial charge on any atom is -0.488 e. The van der Waals surface area contributed by atoms with E-state index in [1.165, 1.54) is 49.2 Å². The highest BCUT2D eigenvalue weighted by Crippen LogP contribution is 2.37. The molecule has 3 aliphatic heterocycles. The number of hydrogen-bond acceptors (Lipinski definition) is 6. The maximum atomic E-state index is 14.4.